The van der Waals surface area contributed by atoms with Crippen molar-refractivity contribution in [1.29, 1.82) is 0 Å². The smallest absolute Gasteiger partial charge is 0.357 e. The Bertz CT molecular complexity index is 1100. The first kappa shape index (κ1) is 21.3. The van der Waals surface area contributed by atoms with Gasteiger partial charge in [-0.05, 0) is 36.6 Å². The number of rotatable bonds is 7. The van der Waals surface area contributed by atoms with Crippen molar-refractivity contribution >= 4 is 35.1 Å². The second-order valence-electron chi connectivity index (χ2n) is 6.18. The number of carbonyl (C=O) groups excluding carboxylic acids is 3. The zero-order chi connectivity index (χ0) is 21.7. The van der Waals surface area contributed by atoms with Crippen molar-refractivity contribution in [1.82, 2.24) is 9.55 Å². The number of nitrogens with one attached hydrogen (secondary N) is 1. The Morgan fingerprint density at radius 2 is 1.90 bits per heavy atom. The number of aromatic nitrogens is 2. The highest BCUT2D eigenvalue weighted by molar-refractivity contribution is 7.98. The molecule has 9 heteroatoms. The van der Waals surface area contributed by atoms with E-state index >= 15 is 0 Å². The summed E-state index contributed by atoms with van der Waals surface area (Å²) in [5.41, 5.74) is 0.861. The highest BCUT2D eigenvalue weighted by Crippen LogP contribution is 2.22. The highest BCUT2D eigenvalue weighted by atomic mass is 32.2. The van der Waals surface area contributed by atoms with Gasteiger partial charge >= 0.3 is 5.97 Å². The van der Waals surface area contributed by atoms with E-state index in [4.69, 9.17) is 4.74 Å². The number of Topliss-reactive ketones (excluding diaryl/α,β-unsaturated/α-hetero) is 1. The number of imidazole rings is 1. The maximum atomic E-state index is 14.2. The summed E-state index contributed by atoms with van der Waals surface area (Å²) in [6.07, 6.45) is 3.20. The molecular formula is C21H18FN3O4S. The molecule has 1 N–H and O–H groups in total. The summed E-state index contributed by atoms with van der Waals surface area (Å²) in [5.74, 6) is -2.63. The topological polar surface area (TPSA) is 90.3 Å². The van der Waals surface area contributed by atoms with Gasteiger partial charge in [0.15, 0.2) is 17.5 Å². The lowest BCUT2D eigenvalue weighted by Crippen LogP contribution is -2.18. The molecule has 3 rings (SSSR count). The lowest BCUT2D eigenvalue weighted by molar-refractivity contribution is -0.114. The molecule has 0 radical (unpaired) electrons. The molecule has 0 aliphatic carbocycles. The summed E-state index contributed by atoms with van der Waals surface area (Å²) in [5, 5.41) is 3.01. The molecule has 0 fully saturated rings. The van der Waals surface area contributed by atoms with Crippen LogP contribution in [0.1, 0.15) is 27.8 Å². The van der Waals surface area contributed by atoms with Crippen LogP contribution in [0.5, 0.6) is 0 Å². The minimum Gasteiger partial charge on any atom is -0.453 e. The number of ketones is 1. The maximum Gasteiger partial charge on any atom is 0.357 e. The van der Waals surface area contributed by atoms with E-state index in [1.54, 1.807) is 4.57 Å². The lowest BCUT2D eigenvalue weighted by atomic mass is 10.1. The molecule has 0 unspecified atom stereocenters. The Kier molecular flexibility index (Phi) is 6.63. The van der Waals surface area contributed by atoms with Crippen molar-refractivity contribution in [2.75, 3.05) is 18.2 Å². The van der Waals surface area contributed by atoms with Gasteiger partial charge in [0.25, 0.3) is 0 Å². The van der Waals surface area contributed by atoms with E-state index in [0.717, 1.165) is 11.8 Å². The molecule has 1 heterocycles. The first-order chi connectivity index (χ1) is 14.4. The normalized spacial score (nSPS) is 10.5. The van der Waals surface area contributed by atoms with E-state index < -0.39 is 24.2 Å². The summed E-state index contributed by atoms with van der Waals surface area (Å²) in [6, 6.07) is 12.8. The Morgan fingerprint density at radius 1 is 1.17 bits per heavy atom. The van der Waals surface area contributed by atoms with Crippen LogP contribution in [0.4, 0.5) is 10.1 Å². The van der Waals surface area contributed by atoms with E-state index in [1.807, 2.05) is 36.6 Å². The minimum absolute atomic E-state index is 0.153. The van der Waals surface area contributed by atoms with Crippen LogP contribution in [0, 0.1) is 5.82 Å². The monoisotopic (exact) mass is 427 g/mol. The Balaban J connectivity index is 1.74. The van der Waals surface area contributed by atoms with Gasteiger partial charge in [-0.1, -0.05) is 30.0 Å². The molecule has 0 spiro atoms. The van der Waals surface area contributed by atoms with Crippen molar-refractivity contribution in [3.63, 3.8) is 0 Å². The zero-order valence-corrected chi connectivity index (χ0v) is 17.0. The van der Waals surface area contributed by atoms with Gasteiger partial charge in [0.2, 0.25) is 11.7 Å². The number of benzene rings is 2. The quantitative estimate of drug-likeness (QED) is 0.351. The van der Waals surface area contributed by atoms with Crippen LogP contribution in [0.2, 0.25) is 0 Å². The number of amides is 1. The molecule has 0 atom stereocenters. The van der Waals surface area contributed by atoms with Crippen molar-refractivity contribution in [3.8, 4) is 5.69 Å². The predicted molar refractivity (Wildman–Crippen MR) is 111 cm³/mol. The molecule has 0 aliphatic rings. The average Bonchev–Trinajstić information content (AvgIpc) is 3.16. The number of esters is 1. The van der Waals surface area contributed by atoms with Crippen LogP contribution in [0.15, 0.2) is 59.9 Å². The lowest BCUT2D eigenvalue weighted by Gasteiger charge is -2.11. The molecule has 0 aliphatic heterocycles. The molecule has 0 bridgehead atoms. The van der Waals surface area contributed by atoms with Crippen LogP contribution in [-0.4, -0.2) is 40.1 Å². The molecule has 2 aromatic carbocycles. The summed E-state index contributed by atoms with van der Waals surface area (Å²) < 4.78 is 20.9. The van der Waals surface area contributed by atoms with Gasteiger partial charge < -0.3 is 10.1 Å². The van der Waals surface area contributed by atoms with Crippen LogP contribution < -0.4 is 5.32 Å². The van der Waals surface area contributed by atoms with Crippen molar-refractivity contribution in [2.45, 2.75) is 12.1 Å². The first-order valence-corrected chi connectivity index (χ1v) is 10.1. The van der Waals surface area contributed by atoms with E-state index in [2.05, 4.69) is 10.3 Å². The summed E-state index contributed by atoms with van der Waals surface area (Å²) in [6.45, 7) is 0.656. The fraction of sp³-hybridized carbons (Fsp3) is 0.143. The van der Waals surface area contributed by atoms with Gasteiger partial charge in [-0.2, -0.15) is 0 Å². The number of hydrogen-bond acceptors (Lipinski definition) is 6. The zero-order valence-electron chi connectivity index (χ0n) is 16.2. The molecule has 1 amide bonds. The Hall–Kier alpha value is -3.46. The third-order valence-corrected chi connectivity index (χ3v) is 4.71. The van der Waals surface area contributed by atoms with E-state index in [0.29, 0.717) is 5.16 Å². The average molecular weight is 427 g/mol. The van der Waals surface area contributed by atoms with Crippen LogP contribution in [-0.2, 0) is 9.53 Å². The number of anilines is 1. The summed E-state index contributed by atoms with van der Waals surface area (Å²) >= 11 is 1.35. The number of carbonyl (C=O) groups is 3. The highest BCUT2D eigenvalue weighted by Gasteiger charge is 2.21. The number of ether oxygens (including phenoxy) is 1. The molecule has 0 saturated carbocycles. The van der Waals surface area contributed by atoms with E-state index in [1.165, 1.54) is 37.0 Å². The third kappa shape index (κ3) is 4.74. The minimum atomic E-state index is -0.818. The van der Waals surface area contributed by atoms with Crippen LogP contribution >= 0.6 is 11.8 Å². The van der Waals surface area contributed by atoms with Crippen LogP contribution in [0.25, 0.3) is 5.69 Å². The van der Waals surface area contributed by atoms with Gasteiger partial charge in [0.05, 0.1) is 11.8 Å². The number of hydrogen-bond donors (Lipinski definition) is 1. The standard InChI is InChI=1S/C21H18FN3O4S/c1-13(26)24-14-8-9-16(17(22)10-14)19(27)12-29-20(28)18-11-23-21(30-2)25(18)15-6-4-3-5-7-15/h3-11H,12H2,1-2H3,(H,24,26). The second-order valence-corrected chi connectivity index (χ2v) is 6.95. The number of para-hydroxylation sites is 1. The SMILES string of the molecule is CSc1ncc(C(=O)OCC(=O)c2ccc(NC(C)=O)cc2F)n1-c1ccccc1. The largest absolute Gasteiger partial charge is 0.453 e. The molecule has 1 aromatic heterocycles. The van der Waals surface area contributed by atoms with Crippen LogP contribution in [0.3, 0.4) is 0 Å². The molecular weight excluding hydrogens is 409 g/mol. The molecule has 30 heavy (non-hydrogen) atoms. The molecule has 0 saturated heterocycles. The summed E-state index contributed by atoms with van der Waals surface area (Å²) in [7, 11) is 0. The van der Waals surface area contributed by atoms with E-state index in [-0.39, 0.29) is 22.9 Å². The number of thioether (sulfide) groups is 1. The fourth-order valence-electron chi connectivity index (χ4n) is 2.75. The Morgan fingerprint density at radius 3 is 2.53 bits per heavy atom. The van der Waals surface area contributed by atoms with Gasteiger partial charge in [-0.3, -0.25) is 14.2 Å². The molecule has 7 nitrogen and oxygen atoms in total. The van der Waals surface area contributed by atoms with Gasteiger partial charge in [0, 0.05) is 18.3 Å². The number of halogens is 1. The van der Waals surface area contributed by atoms with Gasteiger partial charge in [-0.15, -0.1) is 0 Å². The molecule has 3 aromatic rings. The fourth-order valence-corrected chi connectivity index (χ4v) is 3.30. The van der Waals surface area contributed by atoms with Gasteiger partial charge in [-0.25, -0.2) is 14.2 Å². The predicted octanol–water partition coefficient (Wildman–Crippen LogP) is 3.73. The van der Waals surface area contributed by atoms with Crippen molar-refractivity contribution < 1.29 is 23.5 Å². The van der Waals surface area contributed by atoms with Crippen molar-refractivity contribution in [2.24, 2.45) is 0 Å². The van der Waals surface area contributed by atoms with Gasteiger partial charge in [0.1, 0.15) is 5.82 Å². The van der Waals surface area contributed by atoms with Crippen molar-refractivity contribution in [3.05, 3.63) is 71.8 Å². The molecule has 154 valence electrons. The first-order valence-electron chi connectivity index (χ1n) is 8.85. The second kappa shape index (κ2) is 9.36. The third-order valence-electron chi connectivity index (χ3n) is 4.06. The maximum absolute atomic E-state index is 14.2. The summed E-state index contributed by atoms with van der Waals surface area (Å²) in [4.78, 5) is 40.2. The number of nitrogens with zero attached hydrogens (tertiary/aromatic N) is 2. The van der Waals surface area contributed by atoms with E-state index in [9.17, 15) is 18.8 Å². The Labute approximate surface area is 176 Å².